The van der Waals surface area contributed by atoms with Gasteiger partial charge < -0.3 is 9.88 Å². The zero-order valence-electron chi connectivity index (χ0n) is 12.2. The number of hydrogen-bond acceptors (Lipinski definition) is 2. The van der Waals surface area contributed by atoms with Gasteiger partial charge >= 0.3 is 0 Å². The number of nitrogens with one attached hydrogen (secondary N) is 1. The van der Waals surface area contributed by atoms with Gasteiger partial charge in [-0.2, -0.15) is 0 Å². The van der Waals surface area contributed by atoms with Crippen molar-refractivity contribution in [3.05, 3.63) is 62.5 Å². The first-order valence-electron chi connectivity index (χ1n) is 6.65. The summed E-state index contributed by atoms with van der Waals surface area (Å²) in [5, 5.41) is 2.86. The molecule has 0 radical (unpaired) electrons. The lowest BCUT2D eigenvalue weighted by molar-refractivity contribution is -0.118. The summed E-state index contributed by atoms with van der Waals surface area (Å²) < 4.78 is 1.89. The van der Waals surface area contributed by atoms with E-state index in [9.17, 15) is 9.59 Å². The van der Waals surface area contributed by atoms with Gasteiger partial charge in [0.25, 0.3) is 5.56 Å². The molecule has 110 valence electrons. The molecule has 2 rings (SSSR count). The number of aromatic nitrogens is 1. The maximum Gasteiger partial charge on any atom is 0.265 e. The summed E-state index contributed by atoms with van der Waals surface area (Å²) >= 11 is 3.23. The molecule has 0 aliphatic carbocycles. The second-order valence-corrected chi connectivity index (χ2v) is 5.91. The standard InChI is InChI=1S/C16H17BrN2O2/c1-10-8-13(17)16(21)19(9-10)12(3)15(20)18-14-7-5-4-6-11(14)2/h4-9,12H,1-3H3,(H,18,20). The number of nitrogens with zero attached hydrogens (tertiary/aromatic N) is 1. The number of carbonyl (C=O) groups is 1. The molecular weight excluding hydrogens is 332 g/mol. The molecule has 1 atom stereocenters. The molecule has 1 aromatic carbocycles. The van der Waals surface area contributed by atoms with Crippen molar-refractivity contribution in [1.82, 2.24) is 4.57 Å². The number of benzene rings is 1. The van der Waals surface area contributed by atoms with E-state index in [2.05, 4.69) is 21.2 Å². The molecule has 0 fully saturated rings. The monoisotopic (exact) mass is 348 g/mol. The van der Waals surface area contributed by atoms with Gasteiger partial charge in [-0.05, 0) is 60.0 Å². The van der Waals surface area contributed by atoms with Crippen molar-refractivity contribution in [3.8, 4) is 0 Å². The van der Waals surface area contributed by atoms with Crippen molar-refractivity contribution in [2.45, 2.75) is 26.8 Å². The van der Waals surface area contributed by atoms with E-state index in [1.54, 1.807) is 19.2 Å². The van der Waals surface area contributed by atoms with E-state index in [1.165, 1.54) is 4.57 Å². The molecule has 21 heavy (non-hydrogen) atoms. The molecule has 1 amide bonds. The lowest BCUT2D eigenvalue weighted by Crippen LogP contribution is -2.32. The molecule has 0 aliphatic rings. The number of anilines is 1. The van der Waals surface area contributed by atoms with Crippen LogP contribution in [0.2, 0.25) is 0 Å². The fourth-order valence-corrected chi connectivity index (χ4v) is 2.63. The van der Waals surface area contributed by atoms with Crippen LogP contribution in [0.5, 0.6) is 0 Å². The fraction of sp³-hybridized carbons (Fsp3) is 0.250. The molecular formula is C16H17BrN2O2. The molecule has 0 aliphatic heterocycles. The molecule has 2 aromatic rings. The van der Waals surface area contributed by atoms with Gasteiger partial charge in [-0.1, -0.05) is 18.2 Å². The van der Waals surface area contributed by atoms with Gasteiger partial charge in [-0.15, -0.1) is 0 Å². The molecule has 5 heteroatoms. The van der Waals surface area contributed by atoms with Crippen LogP contribution >= 0.6 is 15.9 Å². The van der Waals surface area contributed by atoms with Gasteiger partial charge in [0.1, 0.15) is 6.04 Å². The van der Waals surface area contributed by atoms with Gasteiger partial charge in [0, 0.05) is 11.9 Å². The van der Waals surface area contributed by atoms with Gasteiger partial charge in [0.2, 0.25) is 5.91 Å². The third kappa shape index (κ3) is 3.42. The van der Waals surface area contributed by atoms with Crippen LogP contribution in [0.3, 0.4) is 0 Å². The first-order valence-corrected chi connectivity index (χ1v) is 7.44. The van der Waals surface area contributed by atoms with E-state index in [0.717, 1.165) is 16.8 Å². The molecule has 0 saturated carbocycles. The van der Waals surface area contributed by atoms with Crippen molar-refractivity contribution >= 4 is 27.5 Å². The topological polar surface area (TPSA) is 51.1 Å². The highest BCUT2D eigenvalue weighted by Gasteiger charge is 2.18. The lowest BCUT2D eigenvalue weighted by atomic mass is 10.2. The summed E-state index contributed by atoms with van der Waals surface area (Å²) in [7, 11) is 0. The van der Waals surface area contributed by atoms with Crippen LogP contribution in [0.25, 0.3) is 0 Å². The van der Waals surface area contributed by atoms with Crippen LogP contribution in [0, 0.1) is 13.8 Å². The quantitative estimate of drug-likeness (QED) is 0.923. The average Bonchev–Trinajstić information content (AvgIpc) is 2.44. The summed E-state index contributed by atoms with van der Waals surface area (Å²) in [6, 6.07) is 8.70. The highest BCUT2D eigenvalue weighted by atomic mass is 79.9. The first-order chi connectivity index (χ1) is 9.90. The van der Waals surface area contributed by atoms with E-state index >= 15 is 0 Å². The number of para-hydroxylation sites is 1. The Kier molecular flexibility index (Phi) is 4.63. The first kappa shape index (κ1) is 15.5. The van der Waals surface area contributed by atoms with Gasteiger partial charge in [-0.3, -0.25) is 9.59 Å². The SMILES string of the molecule is Cc1cc(Br)c(=O)n(C(C)C(=O)Nc2ccccc2C)c1. The number of amides is 1. The van der Waals surface area contributed by atoms with E-state index in [-0.39, 0.29) is 11.5 Å². The zero-order valence-corrected chi connectivity index (χ0v) is 13.8. The Bertz CT molecular complexity index is 737. The molecule has 1 aromatic heterocycles. The molecule has 0 bridgehead atoms. The summed E-state index contributed by atoms with van der Waals surface area (Å²) in [6.45, 7) is 5.52. The summed E-state index contributed by atoms with van der Waals surface area (Å²) in [4.78, 5) is 24.5. The van der Waals surface area contributed by atoms with Crippen LogP contribution < -0.4 is 10.9 Å². The fourth-order valence-electron chi connectivity index (χ4n) is 2.06. The van der Waals surface area contributed by atoms with E-state index in [0.29, 0.717) is 4.47 Å². The predicted molar refractivity (Wildman–Crippen MR) is 87.7 cm³/mol. The second kappa shape index (κ2) is 6.26. The Balaban J connectivity index is 2.28. The highest BCUT2D eigenvalue weighted by molar-refractivity contribution is 9.10. The van der Waals surface area contributed by atoms with Gasteiger partial charge in [-0.25, -0.2) is 0 Å². The number of rotatable bonds is 3. The third-order valence-electron chi connectivity index (χ3n) is 3.34. The second-order valence-electron chi connectivity index (χ2n) is 5.06. The van der Waals surface area contributed by atoms with Crippen LogP contribution in [0.4, 0.5) is 5.69 Å². The predicted octanol–water partition coefficient (Wildman–Crippen LogP) is 3.43. The number of hydrogen-bond donors (Lipinski definition) is 1. The molecule has 4 nitrogen and oxygen atoms in total. The Morgan fingerprint density at radius 2 is 1.95 bits per heavy atom. The molecule has 1 unspecified atom stereocenters. The van der Waals surface area contributed by atoms with Crippen LogP contribution in [0.15, 0.2) is 45.8 Å². The van der Waals surface area contributed by atoms with Crippen molar-refractivity contribution in [2.24, 2.45) is 0 Å². The van der Waals surface area contributed by atoms with Crippen molar-refractivity contribution in [2.75, 3.05) is 5.32 Å². The minimum absolute atomic E-state index is 0.215. The van der Waals surface area contributed by atoms with E-state index in [4.69, 9.17) is 0 Å². The Morgan fingerprint density at radius 1 is 1.29 bits per heavy atom. The molecule has 1 heterocycles. The van der Waals surface area contributed by atoms with E-state index in [1.807, 2.05) is 38.1 Å². The summed E-state index contributed by atoms with van der Waals surface area (Å²) in [5.41, 5.74) is 2.44. The van der Waals surface area contributed by atoms with Crippen LogP contribution in [-0.4, -0.2) is 10.5 Å². The minimum Gasteiger partial charge on any atom is -0.324 e. The third-order valence-corrected chi connectivity index (χ3v) is 3.90. The van der Waals surface area contributed by atoms with Gasteiger partial charge in [0.15, 0.2) is 0 Å². The van der Waals surface area contributed by atoms with Gasteiger partial charge in [0.05, 0.1) is 4.47 Å². The number of aryl methyl sites for hydroxylation is 2. The minimum atomic E-state index is -0.590. The lowest BCUT2D eigenvalue weighted by Gasteiger charge is -2.17. The maximum absolute atomic E-state index is 12.4. The molecule has 0 spiro atoms. The maximum atomic E-state index is 12.4. The highest BCUT2D eigenvalue weighted by Crippen LogP contribution is 2.16. The number of carbonyl (C=O) groups excluding carboxylic acids is 1. The smallest absolute Gasteiger partial charge is 0.265 e. The van der Waals surface area contributed by atoms with Crippen LogP contribution in [-0.2, 0) is 4.79 Å². The van der Waals surface area contributed by atoms with Crippen LogP contribution in [0.1, 0.15) is 24.1 Å². The Labute approximate surface area is 131 Å². The summed E-state index contributed by atoms with van der Waals surface area (Å²) in [6.07, 6.45) is 1.69. The molecule has 1 N–H and O–H groups in total. The van der Waals surface area contributed by atoms with E-state index < -0.39 is 6.04 Å². The average molecular weight is 349 g/mol. The van der Waals surface area contributed by atoms with Crippen molar-refractivity contribution in [3.63, 3.8) is 0 Å². The van der Waals surface area contributed by atoms with Crippen molar-refractivity contribution in [1.29, 1.82) is 0 Å². The zero-order chi connectivity index (χ0) is 15.6. The Hall–Kier alpha value is -1.88. The normalized spacial score (nSPS) is 12.0. The Morgan fingerprint density at radius 3 is 2.62 bits per heavy atom. The molecule has 0 saturated heterocycles. The number of halogens is 1. The van der Waals surface area contributed by atoms with Crippen molar-refractivity contribution < 1.29 is 4.79 Å². The number of pyridine rings is 1. The largest absolute Gasteiger partial charge is 0.324 e. The summed E-state index contributed by atoms with van der Waals surface area (Å²) in [5.74, 6) is -0.219.